The number of para-hydroxylation sites is 1. The molecule has 0 aromatic heterocycles. The van der Waals surface area contributed by atoms with E-state index in [0.29, 0.717) is 30.8 Å². The zero-order valence-corrected chi connectivity index (χ0v) is 23.6. The highest BCUT2D eigenvalue weighted by Gasteiger charge is 2.35. The molecule has 2 amide bonds. The lowest BCUT2D eigenvalue weighted by Gasteiger charge is -2.40. The predicted molar refractivity (Wildman–Crippen MR) is 154 cm³/mol. The molecule has 1 heterocycles. The maximum absolute atomic E-state index is 13.7. The van der Waals surface area contributed by atoms with Crippen molar-refractivity contribution in [3.8, 4) is 5.75 Å². The van der Waals surface area contributed by atoms with E-state index in [2.05, 4.69) is 4.90 Å². The van der Waals surface area contributed by atoms with E-state index in [1.165, 1.54) is 12.1 Å². The topological polar surface area (TPSA) is 53.1 Å². The molecule has 0 N–H and O–H groups in total. The van der Waals surface area contributed by atoms with Gasteiger partial charge in [0.25, 0.3) is 5.91 Å². The number of hydrogen-bond donors (Lipinski definition) is 0. The lowest BCUT2D eigenvalue weighted by atomic mass is 9.90. The average molecular weight is 538 g/mol. The zero-order chi connectivity index (χ0) is 27.6. The summed E-state index contributed by atoms with van der Waals surface area (Å²) in [4.78, 5) is 33.2. The smallest absolute Gasteiger partial charge is 0.257 e. The molecule has 0 radical (unpaired) electrons. The van der Waals surface area contributed by atoms with Gasteiger partial charge in [-0.1, -0.05) is 37.8 Å². The third-order valence-electron chi connectivity index (χ3n) is 8.21. The van der Waals surface area contributed by atoms with Crippen LogP contribution < -0.4 is 9.64 Å². The van der Waals surface area contributed by atoms with Crippen molar-refractivity contribution in [2.45, 2.75) is 83.3 Å². The van der Waals surface area contributed by atoms with Crippen LogP contribution in [0.1, 0.15) is 81.5 Å². The van der Waals surface area contributed by atoms with Crippen LogP contribution in [-0.4, -0.2) is 67.0 Å². The molecule has 7 heteroatoms. The minimum Gasteiger partial charge on any atom is -0.487 e. The summed E-state index contributed by atoms with van der Waals surface area (Å²) in [6, 6.07) is 13.9. The van der Waals surface area contributed by atoms with E-state index in [4.69, 9.17) is 4.74 Å². The van der Waals surface area contributed by atoms with Crippen LogP contribution in [0.4, 0.5) is 10.1 Å². The van der Waals surface area contributed by atoms with Gasteiger partial charge in [-0.15, -0.1) is 0 Å². The van der Waals surface area contributed by atoms with Crippen molar-refractivity contribution < 1.29 is 18.7 Å². The van der Waals surface area contributed by atoms with Crippen LogP contribution in [0, 0.1) is 5.82 Å². The van der Waals surface area contributed by atoms with Gasteiger partial charge in [-0.05, 0) is 75.4 Å². The van der Waals surface area contributed by atoms with Crippen molar-refractivity contribution in [1.29, 1.82) is 0 Å². The molecule has 1 fully saturated rings. The molecule has 0 bridgehead atoms. The minimum atomic E-state index is -0.265. The molecule has 1 aliphatic heterocycles. The number of ether oxygens (including phenoxy) is 1. The minimum absolute atomic E-state index is 0.0158. The van der Waals surface area contributed by atoms with Crippen molar-refractivity contribution in [2.24, 2.45) is 0 Å². The highest BCUT2D eigenvalue weighted by molar-refractivity contribution is 5.97. The number of anilines is 1. The zero-order valence-electron chi connectivity index (χ0n) is 23.6. The van der Waals surface area contributed by atoms with Crippen LogP contribution in [0.25, 0.3) is 0 Å². The second-order valence-corrected chi connectivity index (χ2v) is 10.9. The first-order valence-electron chi connectivity index (χ1n) is 14.8. The molecule has 0 saturated heterocycles. The van der Waals surface area contributed by atoms with E-state index >= 15 is 0 Å². The average Bonchev–Trinajstić information content (AvgIpc) is 2.96. The van der Waals surface area contributed by atoms with Gasteiger partial charge in [-0.25, -0.2) is 4.39 Å². The summed E-state index contributed by atoms with van der Waals surface area (Å²) in [7, 11) is 1.94. The molecule has 212 valence electrons. The van der Waals surface area contributed by atoms with Gasteiger partial charge in [0.15, 0.2) is 0 Å². The van der Waals surface area contributed by atoms with E-state index in [1.807, 2.05) is 48.0 Å². The predicted octanol–water partition coefficient (Wildman–Crippen LogP) is 6.30. The summed E-state index contributed by atoms with van der Waals surface area (Å²) in [5.41, 5.74) is 1.50. The van der Waals surface area contributed by atoms with Gasteiger partial charge in [0.05, 0.1) is 11.6 Å². The number of rotatable bonds is 5. The van der Waals surface area contributed by atoms with Gasteiger partial charge in [0, 0.05) is 45.3 Å². The molecule has 2 aliphatic rings. The third kappa shape index (κ3) is 7.74. The number of carbonyl (C=O) groups is 2. The largest absolute Gasteiger partial charge is 0.487 e. The van der Waals surface area contributed by atoms with E-state index in [0.717, 1.165) is 76.6 Å². The molecular formula is C32H44FN3O3. The Morgan fingerprint density at radius 1 is 0.949 bits per heavy atom. The molecular weight excluding hydrogens is 493 g/mol. The molecule has 39 heavy (non-hydrogen) atoms. The first-order chi connectivity index (χ1) is 19.0. The molecule has 0 unspecified atom stereocenters. The SMILES string of the molecule is CCN1CCCCCCCN(C(=O)CCN(C)c2ccc(F)cc2)[C@@H]2CCCC[C@@H]2Oc2ccccc2C1=O. The molecule has 2 aromatic rings. The number of carbonyl (C=O) groups excluding carboxylic acids is 2. The summed E-state index contributed by atoms with van der Waals surface area (Å²) in [5.74, 6) is 0.511. The number of nitrogens with zero attached hydrogens (tertiary/aromatic N) is 3. The number of hydrogen-bond acceptors (Lipinski definition) is 4. The van der Waals surface area contributed by atoms with Crippen LogP contribution >= 0.6 is 0 Å². The number of amides is 2. The first kappa shape index (κ1) is 28.9. The third-order valence-corrected chi connectivity index (χ3v) is 8.21. The number of fused-ring (bicyclic) bond motifs is 2. The van der Waals surface area contributed by atoms with Crippen LogP contribution in [0.5, 0.6) is 5.75 Å². The number of halogens is 1. The first-order valence-corrected chi connectivity index (χ1v) is 14.8. The highest BCUT2D eigenvalue weighted by atomic mass is 19.1. The Morgan fingerprint density at radius 2 is 1.64 bits per heavy atom. The van der Waals surface area contributed by atoms with E-state index in [1.54, 1.807) is 12.1 Å². The molecule has 1 saturated carbocycles. The fraction of sp³-hybridized carbons (Fsp3) is 0.562. The van der Waals surface area contributed by atoms with Crippen molar-refractivity contribution in [3.05, 3.63) is 59.9 Å². The maximum atomic E-state index is 13.7. The molecule has 2 aromatic carbocycles. The second kappa shape index (κ2) is 14.3. The Morgan fingerprint density at radius 3 is 2.41 bits per heavy atom. The summed E-state index contributed by atoms with van der Waals surface area (Å²) >= 11 is 0. The van der Waals surface area contributed by atoms with Gasteiger partial charge in [0.2, 0.25) is 5.91 Å². The van der Waals surface area contributed by atoms with Crippen LogP contribution in [0.3, 0.4) is 0 Å². The van der Waals surface area contributed by atoms with Crippen molar-refractivity contribution >= 4 is 17.5 Å². The van der Waals surface area contributed by atoms with E-state index < -0.39 is 0 Å². The number of benzene rings is 2. The van der Waals surface area contributed by atoms with Gasteiger partial charge >= 0.3 is 0 Å². The molecule has 0 spiro atoms. The fourth-order valence-corrected chi connectivity index (χ4v) is 5.88. The van der Waals surface area contributed by atoms with E-state index in [9.17, 15) is 14.0 Å². The summed E-state index contributed by atoms with van der Waals surface area (Å²) in [5, 5.41) is 0. The Hall–Kier alpha value is -3.09. The van der Waals surface area contributed by atoms with Crippen molar-refractivity contribution in [1.82, 2.24) is 9.80 Å². The van der Waals surface area contributed by atoms with Crippen LogP contribution in [0.2, 0.25) is 0 Å². The normalized spacial score (nSPS) is 21.2. The Bertz CT molecular complexity index is 1080. The Kier molecular flexibility index (Phi) is 10.6. The highest BCUT2D eigenvalue weighted by Crippen LogP contribution is 2.31. The molecule has 1 aliphatic carbocycles. The van der Waals surface area contributed by atoms with Gasteiger partial charge < -0.3 is 19.4 Å². The Balaban J connectivity index is 1.54. The lowest BCUT2D eigenvalue weighted by Crippen LogP contribution is -2.51. The van der Waals surface area contributed by atoms with Crippen molar-refractivity contribution in [2.75, 3.05) is 38.1 Å². The summed E-state index contributed by atoms with van der Waals surface area (Å²) < 4.78 is 20.0. The van der Waals surface area contributed by atoms with Gasteiger partial charge in [0.1, 0.15) is 17.7 Å². The van der Waals surface area contributed by atoms with Crippen LogP contribution in [-0.2, 0) is 4.79 Å². The lowest BCUT2D eigenvalue weighted by molar-refractivity contribution is -0.136. The summed E-state index contributed by atoms with van der Waals surface area (Å²) in [6.07, 6.45) is 9.31. The monoisotopic (exact) mass is 537 g/mol. The Labute approximate surface area is 233 Å². The fourth-order valence-electron chi connectivity index (χ4n) is 5.88. The summed E-state index contributed by atoms with van der Waals surface area (Å²) in [6.45, 7) is 4.74. The van der Waals surface area contributed by atoms with Gasteiger partial charge in [-0.2, -0.15) is 0 Å². The van der Waals surface area contributed by atoms with E-state index in [-0.39, 0.29) is 29.8 Å². The quantitative estimate of drug-likeness (QED) is 0.449. The molecule has 4 rings (SSSR count). The van der Waals surface area contributed by atoms with Crippen LogP contribution in [0.15, 0.2) is 48.5 Å². The molecule has 6 nitrogen and oxygen atoms in total. The van der Waals surface area contributed by atoms with Gasteiger partial charge in [-0.3, -0.25) is 9.59 Å². The maximum Gasteiger partial charge on any atom is 0.257 e. The second-order valence-electron chi connectivity index (χ2n) is 10.9. The standard InChI is InChI=1S/C32H44FN3O3/c1-3-35-22-11-5-4-6-12-23-36(31(37)21-24-34(2)26-19-17-25(33)18-20-26)28-14-8-10-16-30(28)39-29-15-9-7-13-27(29)32(35)38/h7,9,13,15,17-20,28,30H,3-6,8,10-12,14,16,21-24H2,1-2H3/t28-,30+/m1/s1. The van der Waals surface area contributed by atoms with Crippen molar-refractivity contribution in [3.63, 3.8) is 0 Å². The molecule has 2 atom stereocenters.